The minimum absolute atomic E-state index is 0.0237. The molecule has 0 fully saturated rings. The Balaban J connectivity index is 2.72. The molecule has 0 aromatic carbocycles. The molecule has 1 aromatic rings. The number of aromatic nitrogens is 2. The lowest BCUT2D eigenvalue weighted by molar-refractivity contribution is -0.139. The average molecular weight is 227 g/mol. The van der Waals surface area contributed by atoms with Gasteiger partial charge in [0.1, 0.15) is 0 Å². The normalized spacial score (nSPS) is 11.9. The maximum absolute atomic E-state index is 10.8. The third-order valence-electron chi connectivity index (χ3n) is 1.77. The summed E-state index contributed by atoms with van der Waals surface area (Å²) in [5.74, 6) is -0.490. The summed E-state index contributed by atoms with van der Waals surface area (Å²) in [4.78, 5) is 18.6. The lowest BCUT2D eigenvalue weighted by Crippen LogP contribution is -2.34. The van der Waals surface area contributed by atoms with Crippen LogP contribution in [0.4, 0.5) is 5.95 Å². The van der Waals surface area contributed by atoms with Gasteiger partial charge in [0.15, 0.2) is 6.04 Å². The molecule has 0 aliphatic rings. The van der Waals surface area contributed by atoms with Crippen LogP contribution >= 0.6 is 0 Å². The van der Waals surface area contributed by atoms with Crippen LogP contribution in [0.3, 0.4) is 0 Å². The van der Waals surface area contributed by atoms with Crippen LogP contribution in [-0.2, 0) is 9.53 Å². The van der Waals surface area contributed by atoms with E-state index in [0.717, 1.165) is 0 Å². The summed E-state index contributed by atoms with van der Waals surface area (Å²) in [7, 11) is 2.89. The first-order chi connectivity index (χ1) is 7.67. The molecule has 16 heavy (non-hydrogen) atoms. The first-order valence-corrected chi connectivity index (χ1v) is 4.52. The Morgan fingerprint density at radius 2 is 2.38 bits per heavy atom. The second kappa shape index (κ2) is 5.86. The zero-order chi connectivity index (χ0) is 12.0. The molecule has 0 saturated heterocycles. The van der Waals surface area contributed by atoms with E-state index in [1.54, 1.807) is 6.07 Å². The third kappa shape index (κ3) is 3.35. The topological polar surface area (TPSA) is 93.6 Å². The van der Waals surface area contributed by atoms with Crippen LogP contribution in [0.2, 0.25) is 0 Å². The number of ether oxygens (including phenoxy) is 2. The van der Waals surface area contributed by atoms with Crippen LogP contribution in [0.1, 0.15) is 0 Å². The summed E-state index contributed by atoms with van der Waals surface area (Å²) in [5.41, 5.74) is 0. The molecule has 88 valence electrons. The van der Waals surface area contributed by atoms with Crippen LogP contribution in [0.15, 0.2) is 12.3 Å². The SMILES string of the molecule is COCC(Nc1nccc(OC)n1)C(=O)O. The lowest BCUT2D eigenvalue weighted by atomic mass is 10.3. The number of carboxylic acid groups (broad SMARTS) is 1. The van der Waals surface area contributed by atoms with Crippen LogP contribution < -0.4 is 10.1 Å². The number of carbonyl (C=O) groups is 1. The van der Waals surface area contributed by atoms with E-state index in [1.165, 1.54) is 20.4 Å². The second-order valence-corrected chi connectivity index (χ2v) is 2.91. The molecule has 7 heteroatoms. The number of hydrogen-bond donors (Lipinski definition) is 2. The molecular formula is C9H13N3O4. The summed E-state index contributed by atoms with van der Waals surface area (Å²) in [6.07, 6.45) is 1.47. The van der Waals surface area contributed by atoms with Gasteiger partial charge in [-0.15, -0.1) is 0 Å². The highest BCUT2D eigenvalue weighted by molar-refractivity contribution is 5.76. The fraction of sp³-hybridized carbons (Fsp3) is 0.444. The fourth-order valence-electron chi connectivity index (χ4n) is 1.02. The van der Waals surface area contributed by atoms with Gasteiger partial charge >= 0.3 is 5.97 Å². The second-order valence-electron chi connectivity index (χ2n) is 2.91. The quantitative estimate of drug-likeness (QED) is 0.706. The molecule has 2 N–H and O–H groups in total. The zero-order valence-corrected chi connectivity index (χ0v) is 9.01. The molecule has 1 aromatic heterocycles. The van der Waals surface area contributed by atoms with E-state index in [1.807, 2.05) is 0 Å². The standard InChI is InChI=1S/C9H13N3O4/c1-15-5-6(8(13)14)11-9-10-4-3-7(12-9)16-2/h3-4,6H,5H2,1-2H3,(H,13,14)(H,10,11,12). The Labute approximate surface area is 92.4 Å². The molecular weight excluding hydrogens is 214 g/mol. The van der Waals surface area contributed by atoms with Crippen LogP contribution in [0, 0.1) is 0 Å². The maximum atomic E-state index is 10.8. The predicted octanol–water partition coefficient (Wildman–Crippen LogP) is -0.00330. The van der Waals surface area contributed by atoms with Gasteiger partial charge < -0.3 is 19.9 Å². The number of rotatable bonds is 6. The Morgan fingerprint density at radius 1 is 1.62 bits per heavy atom. The molecule has 0 aliphatic carbocycles. The highest BCUT2D eigenvalue weighted by Crippen LogP contribution is 2.08. The number of methoxy groups -OCH3 is 2. The van der Waals surface area contributed by atoms with Crippen LogP contribution in [-0.4, -0.2) is 47.9 Å². The highest BCUT2D eigenvalue weighted by atomic mass is 16.5. The molecule has 0 saturated carbocycles. The molecule has 0 amide bonds. The lowest BCUT2D eigenvalue weighted by Gasteiger charge is -2.13. The number of nitrogens with one attached hydrogen (secondary N) is 1. The molecule has 1 rings (SSSR count). The largest absolute Gasteiger partial charge is 0.481 e. The van der Waals surface area contributed by atoms with Gasteiger partial charge in [0.2, 0.25) is 11.8 Å². The van der Waals surface area contributed by atoms with Crippen molar-refractivity contribution < 1.29 is 19.4 Å². The Kier molecular flexibility index (Phi) is 4.46. The molecule has 0 spiro atoms. The van der Waals surface area contributed by atoms with Crippen LogP contribution in [0.25, 0.3) is 0 Å². The zero-order valence-electron chi connectivity index (χ0n) is 9.01. The van der Waals surface area contributed by atoms with E-state index in [9.17, 15) is 4.79 Å². The summed E-state index contributed by atoms with van der Waals surface area (Å²) in [6.45, 7) is 0.0237. The number of aliphatic carboxylic acids is 1. The Bertz CT molecular complexity index is 358. The van der Waals surface area contributed by atoms with Gasteiger partial charge in [-0.1, -0.05) is 0 Å². The van der Waals surface area contributed by atoms with Crippen molar-refractivity contribution in [3.05, 3.63) is 12.3 Å². The number of anilines is 1. The summed E-state index contributed by atoms with van der Waals surface area (Å²) in [6, 6.07) is 0.675. The van der Waals surface area contributed by atoms with E-state index < -0.39 is 12.0 Å². The predicted molar refractivity (Wildman–Crippen MR) is 55.5 cm³/mol. The van der Waals surface area contributed by atoms with Crippen molar-refractivity contribution in [2.45, 2.75) is 6.04 Å². The van der Waals surface area contributed by atoms with E-state index in [4.69, 9.17) is 14.6 Å². The molecule has 0 aliphatic heterocycles. The van der Waals surface area contributed by atoms with E-state index in [0.29, 0.717) is 5.88 Å². The van der Waals surface area contributed by atoms with E-state index >= 15 is 0 Å². The summed E-state index contributed by atoms with van der Waals surface area (Å²) in [5, 5.41) is 11.5. The van der Waals surface area contributed by atoms with Gasteiger partial charge in [0.25, 0.3) is 0 Å². The van der Waals surface area contributed by atoms with Crippen molar-refractivity contribution in [2.75, 3.05) is 26.1 Å². The maximum Gasteiger partial charge on any atom is 0.328 e. The van der Waals surface area contributed by atoms with Crippen LogP contribution in [0.5, 0.6) is 5.88 Å². The van der Waals surface area contributed by atoms with Crippen molar-refractivity contribution >= 4 is 11.9 Å². The summed E-state index contributed by atoms with van der Waals surface area (Å²) >= 11 is 0. The molecule has 1 heterocycles. The Hall–Kier alpha value is -1.89. The Morgan fingerprint density at radius 3 is 2.94 bits per heavy atom. The fourth-order valence-corrected chi connectivity index (χ4v) is 1.02. The molecule has 1 unspecified atom stereocenters. The van der Waals surface area contributed by atoms with Gasteiger partial charge in [-0.05, 0) is 0 Å². The monoisotopic (exact) mass is 227 g/mol. The van der Waals surface area contributed by atoms with Gasteiger partial charge in [-0.3, -0.25) is 0 Å². The van der Waals surface area contributed by atoms with Gasteiger partial charge in [0.05, 0.1) is 13.7 Å². The number of hydrogen-bond acceptors (Lipinski definition) is 6. The van der Waals surface area contributed by atoms with E-state index in [2.05, 4.69) is 15.3 Å². The van der Waals surface area contributed by atoms with Gasteiger partial charge in [-0.2, -0.15) is 4.98 Å². The minimum atomic E-state index is -1.03. The number of carboxylic acids is 1. The third-order valence-corrected chi connectivity index (χ3v) is 1.77. The average Bonchev–Trinajstić information content (AvgIpc) is 2.28. The molecule has 7 nitrogen and oxygen atoms in total. The highest BCUT2D eigenvalue weighted by Gasteiger charge is 2.18. The van der Waals surface area contributed by atoms with Crippen molar-refractivity contribution in [3.8, 4) is 5.88 Å². The first kappa shape index (κ1) is 12.2. The van der Waals surface area contributed by atoms with Gasteiger partial charge in [-0.25, -0.2) is 9.78 Å². The van der Waals surface area contributed by atoms with Crippen molar-refractivity contribution in [2.24, 2.45) is 0 Å². The van der Waals surface area contributed by atoms with Crippen molar-refractivity contribution in [1.29, 1.82) is 0 Å². The first-order valence-electron chi connectivity index (χ1n) is 4.52. The van der Waals surface area contributed by atoms with Crippen molar-refractivity contribution in [1.82, 2.24) is 9.97 Å². The summed E-state index contributed by atoms with van der Waals surface area (Å²) < 4.78 is 9.65. The van der Waals surface area contributed by atoms with Crippen molar-refractivity contribution in [3.63, 3.8) is 0 Å². The van der Waals surface area contributed by atoms with E-state index in [-0.39, 0.29) is 12.6 Å². The minimum Gasteiger partial charge on any atom is -0.481 e. The molecule has 1 atom stereocenters. The molecule has 0 bridgehead atoms. The number of nitrogens with zero attached hydrogens (tertiary/aromatic N) is 2. The van der Waals surface area contributed by atoms with Gasteiger partial charge in [0, 0.05) is 19.4 Å². The smallest absolute Gasteiger partial charge is 0.328 e. The molecule has 0 radical (unpaired) electrons.